The minimum Gasteiger partial charge on any atom is -0.458 e. The molecule has 0 aliphatic rings. The quantitative estimate of drug-likeness (QED) is 0.356. The second-order valence-electron chi connectivity index (χ2n) is 5.98. The molecule has 0 spiro atoms. The average molecular weight is 382 g/mol. The first kappa shape index (κ1) is 18.9. The molecular weight excluding hydrogens is 363 g/mol. The highest BCUT2D eigenvalue weighted by Crippen LogP contribution is 2.46. The predicted octanol–water partition coefficient (Wildman–Crippen LogP) is 4.95. The van der Waals surface area contributed by atoms with Gasteiger partial charge in [0, 0.05) is 0 Å². The van der Waals surface area contributed by atoms with Gasteiger partial charge < -0.3 is 14.2 Å². The Morgan fingerprint density at radius 1 is 1.04 bits per heavy atom. The Hall–Kier alpha value is -2.88. The number of hydrogen-bond acceptors (Lipinski definition) is 4. The maximum atomic E-state index is 12.4. The number of hydrogen-bond donors (Lipinski definition) is 1. The van der Waals surface area contributed by atoms with Gasteiger partial charge in [0.05, 0.1) is 11.7 Å². The van der Waals surface area contributed by atoms with Crippen LogP contribution >= 0.6 is 7.60 Å². The molecule has 0 saturated carbocycles. The van der Waals surface area contributed by atoms with Crippen LogP contribution in [0.15, 0.2) is 79.4 Å². The van der Waals surface area contributed by atoms with E-state index in [1.165, 1.54) is 6.08 Å². The Bertz CT molecular complexity index is 1010. The van der Waals surface area contributed by atoms with Gasteiger partial charge in [-0.2, -0.15) is 0 Å². The van der Waals surface area contributed by atoms with E-state index in [-0.39, 0.29) is 12.8 Å². The molecule has 27 heavy (non-hydrogen) atoms. The third kappa shape index (κ3) is 5.07. The molecule has 0 amide bonds. The van der Waals surface area contributed by atoms with Crippen LogP contribution in [-0.2, 0) is 15.5 Å². The number of para-hydroxylation sites is 1. The maximum Gasteiger partial charge on any atom is 0.380 e. The summed E-state index contributed by atoms with van der Waals surface area (Å²) in [6.07, 6.45) is 1.37. The van der Waals surface area contributed by atoms with E-state index in [1.54, 1.807) is 54.6 Å². The van der Waals surface area contributed by atoms with Crippen molar-refractivity contribution in [1.82, 2.24) is 0 Å². The van der Waals surface area contributed by atoms with Gasteiger partial charge in [-0.05, 0) is 40.6 Å². The van der Waals surface area contributed by atoms with E-state index in [0.717, 1.165) is 10.8 Å². The van der Waals surface area contributed by atoms with Crippen LogP contribution in [0.25, 0.3) is 10.8 Å². The molecule has 0 aromatic heterocycles. The molecule has 3 rings (SSSR count). The zero-order valence-corrected chi connectivity index (χ0v) is 15.5. The normalized spacial score (nSPS) is 12.9. The van der Waals surface area contributed by atoms with E-state index in [0.29, 0.717) is 16.9 Å². The van der Waals surface area contributed by atoms with Gasteiger partial charge in [-0.3, -0.25) is 0 Å². The van der Waals surface area contributed by atoms with Crippen molar-refractivity contribution in [3.8, 4) is 5.75 Å². The van der Waals surface area contributed by atoms with Gasteiger partial charge in [-0.25, -0.2) is 9.36 Å². The van der Waals surface area contributed by atoms with Crippen LogP contribution in [-0.4, -0.2) is 17.5 Å². The zero-order chi connectivity index (χ0) is 19.3. The Kier molecular flexibility index (Phi) is 5.75. The van der Waals surface area contributed by atoms with Crippen molar-refractivity contribution in [2.24, 2.45) is 0 Å². The molecule has 0 fully saturated rings. The fourth-order valence-electron chi connectivity index (χ4n) is 2.65. The zero-order valence-electron chi connectivity index (χ0n) is 14.6. The smallest absolute Gasteiger partial charge is 0.380 e. The van der Waals surface area contributed by atoms with E-state index in [9.17, 15) is 14.3 Å². The second-order valence-corrected chi connectivity index (χ2v) is 7.76. The molecule has 5 nitrogen and oxygen atoms in total. The van der Waals surface area contributed by atoms with E-state index < -0.39 is 13.6 Å². The third-order valence-corrected chi connectivity index (χ3v) is 5.11. The van der Waals surface area contributed by atoms with Crippen LogP contribution in [0.1, 0.15) is 15.9 Å². The summed E-state index contributed by atoms with van der Waals surface area (Å²) in [5, 5.41) is 1.69. The summed E-state index contributed by atoms with van der Waals surface area (Å²) in [7, 11) is -3.86. The van der Waals surface area contributed by atoms with Gasteiger partial charge in [0.15, 0.2) is 0 Å². The maximum absolute atomic E-state index is 12.4. The molecule has 0 aliphatic heterocycles. The van der Waals surface area contributed by atoms with Crippen LogP contribution in [0.4, 0.5) is 0 Å². The van der Waals surface area contributed by atoms with Crippen molar-refractivity contribution in [2.45, 2.75) is 6.16 Å². The van der Waals surface area contributed by atoms with Crippen LogP contribution in [0.5, 0.6) is 5.75 Å². The second kappa shape index (κ2) is 8.21. The Balaban J connectivity index is 1.81. The minimum absolute atomic E-state index is 0.136. The van der Waals surface area contributed by atoms with E-state index >= 15 is 0 Å². The molecular formula is C21H19O5P. The molecule has 3 aromatic carbocycles. The van der Waals surface area contributed by atoms with Gasteiger partial charge in [-0.1, -0.05) is 55.1 Å². The van der Waals surface area contributed by atoms with Crippen LogP contribution in [0, 0.1) is 0 Å². The van der Waals surface area contributed by atoms with Crippen LogP contribution in [0.2, 0.25) is 0 Å². The predicted molar refractivity (Wildman–Crippen MR) is 105 cm³/mol. The summed E-state index contributed by atoms with van der Waals surface area (Å²) in [6, 6.07) is 19.1. The summed E-state index contributed by atoms with van der Waals surface area (Å²) >= 11 is 0. The van der Waals surface area contributed by atoms with Crippen molar-refractivity contribution in [3.63, 3.8) is 0 Å². The van der Waals surface area contributed by atoms with Gasteiger partial charge >= 0.3 is 13.6 Å². The molecule has 0 radical (unpaired) electrons. The lowest BCUT2D eigenvalue weighted by Gasteiger charge is -2.14. The summed E-state index contributed by atoms with van der Waals surface area (Å²) < 4.78 is 22.7. The number of fused-ring (bicyclic) bond motifs is 1. The summed E-state index contributed by atoms with van der Waals surface area (Å²) in [4.78, 5) is 22.2. The first-order valence-corrected chi connectivity index (χ1v) is 10.1. The monoisotopic (exact) mass is 382 g/mol. The number of esters is 1. The SMILES string of the molecule is C=CCOC(=O)c1ccc2ccc(CP(=O)(O)Oc3ccccc3)cc2c1. The number of rotatable bonds is 7. The summed E-state index contributed by atoms with van der Waals surface area (Å²) in [6.45, 7) is 3.65. The van der Waals surface area contributed by atoms with Gasteiger partial charge in [0.2, 0.25) is 0 Å². The van der Waals surface area contributed by atoms with E-state index in [4.69, 9.17) is 9.26 Å². The minimum atomic E-state index is -3.86. The number of carbonyl (C=O) groups excluding carboxylic acids is 1. The fourth-order valence-corrected chi connectivity index (χ4v) is 3.82. The molecule has 0 aliphatic carbocycles. The Morgan fingerprint density at radius 3 is 2.52 bits per heavy atom. The first-order chi connectivity index (χ1) is 13.0. The lowest BCUT2D eigenvalue weighted by molar-refractivity contribution is 0.0550. The van der Waals surface area contributed by atoms with Crippen LogP contribution in [0.3, 0.4) is 0 Å². The fraction of sp³-hybridized carbons (Fsp3) is 0.0952. The number of ether oxygens (including phenoxy) is 1. The van der Waals surface area contributed by atoms with Gasteiger partial charge in [0.1, 0.15) is 12.4 Å². The van der Waals surface area contributed by atoms with Crippen molar-refractivity contribution in [3.05, 3.63) is 90.5 Å². The molecule has 0 saturated heterocycles. The Morgan fingerprint density at radius 2 is 1.78 bits per heavy atom. The number of carbonyl (C=O) groups is 1. The van der Waals surface area contributed by atoms with Crippen molar-refractivity contribution in [2.75, 3.05) is 6.61 Å². The lowest BCUT2D eigenvalue weighted by Crippen LogP contribution is -2.04. The van der Waals surface area contributed by atoms with Crippen LogP contribution < -0.4 is 4.52 Å². The standard InChI is InChI=1S/C21H19O5P/c1-2-12-25-21(22)18-11-10-17-9-8-16(13-19(17)14-18)15-27(23,24)26-20-6-4-3-5-7-20/h2-11,13-14H,1,12,15H2,(H,23,24). The lowest BCUT2D eigenvalue weighted by atomic mass is 10.0. The van der Waals surface area contributed by atoms with Crippen molar-refractivity contribution in [1.29, 1.82) is 0 Å². The first-order valence-electron chi connectivity index (χ1n) is 8.34. The van der Waals surface area contributed by atoms with Crippen molar-refractivity contribution >= 4 is 24.3 Å². The van der Waals surface area contributed by atoms with E-state index in [2.05, 4.69) is 6.58 Å². The number of benzene rings is 3. The Labute approximate surface area is 157 Å². The molecule has 0 heterocycles. The van der Waals surface area contributed by atoms with Gasteiger partial charge in [-0.15, -0.1) is 0 Å². The molecule has 3 aromatic rings. The molecule has 1 atom stereocenters. The molecule has 6 heteroatoms. The third-order valence-electron chi connectivity index (χ3n) is 3.85. The summed E-state index contributed by atoms with van der Waals surface area (Å²) in [5.41, 5.74) is 1.05. The molecule has 1 N–H and O–H groups in total. The molecule has 138 valence electrons. The highest BCUT2D eigenvalue weighted by molar-refractivity contribution is 7.52. The highest BCUT2D eigenvalue weighted by Gasteiger charge is 2.22. The average Bonchev–Trinajstić information content (AvgIpc) is 2.65. The van der Waals surface area contributed by atoms with Crippen molar-refractivity contribution < 1.29 is 23.5 Å². The molecule has 0 bridgehead atoms. The highest BCUT2D eigenvalue weighted by atomic mass is 31.2. The van der Waals surface area contributed by atoms with Gasteiger partial charge in [0.25, 0.3) is 0 Å². The molecule has 1 unspecified atom stereocenters. The largest absolute Gasteiger partial charge is 0.458 e. The topological polar surface area (TPSA) is 72.8 Å². The summed E-state index contributed by atoms with van der Waals surface area (Å²) in [5.74, 6) is -0.0983. The van der Waals surface area contributed by atoms with E-state index in [1.807, 2.05) is 12.1 Å².